The highest BCUT2D eigenvalue weighted by Crippen LogP contribution is 2.31. The number of fused-ring (bicyclic) bond motifs is 1. The van der Waals surface area contributed by atoms with E-state index in [0.717, 1.165) is 27.5 Å². The van der Waals surface area contributed by atoms with Crippen LogP contribution in [0.5, 0.6) is 0 Å². The van der Waals surface area contributed by atoms with Crippen molar-refractivity contribution in [2.75, 3.05) is 5.01 Å². The van der Waals surface area contributed by atoms with Gasteiger partial charge in [0.05, 0.1) is 21.4 Å². The number of thiazole rings is 1. The number of anilines is 1. The molecule has 0 N–H and O–H groups in total. The number of nitro groups is 1. The Morgan fingerprint density at radius 3 is 2.68 bits per heavy atom. The Morgan fingerprint density at radius 1 is 1.16 bits per heavy atom. The van der Waals surface area contributed by atoms with Crippen LogP contribution in [0.25, 0.3) is 10.2 Å². The fraction of sp³-hybridized carbons (Fsp3) is 0.0455. The van der Waals surface area contributed by atoms with Crippen LogP contribution in [0, 0.1) is 22.9 Å². The first-order chi connectivity index (χ1) is 14.9. The number of aromatic nitrogens is 1. The van der Waals surface area contributed by atoms with Crippen molar-refractivity contribution in [2.24, 2.45) is 5.10 Å². The molecule has 0 aliphatic carbocycles. The van der Waals surface area contributed by atoms with Crippen LogP contribution in [-0.4, -0.2) is 22.0 Å². The molecule has 0 saturated carbocycles. The number of carbonyl (C=O) groups is 1. The molecule has 31 heavy (non-hydrogen) atoms. The molecular formula is C22H15FN4O3S. The lowest BCUT2D eigenvalue weighted by Gasteiger charge is -2.13. The Kier molecular flexibility index (Phi) is 5.50. The van der Waals surface area contributed by atoms with Crippen molar-refractivity contribution >= 4 is 44.5 Å². The SMILES string of the molecule is Cc1ccc(/C=N/N(C(=O)c2cccc([N+](=O)[O-])c2)c2nc3ccc(F)cc3s2)cc1. The highest BCUT2D eigenvalue weighted by atomic mass is 32.1. The number of hydrazone groups is 1. The number of nitro benzene ring substituents is 1. The van der Waals surface area contributed by atoms with Gasteiger partial charge in [0.25, 0.3) is 11.6 Å². The number of non-ortho nitro benzene ring substituents is 1. The summed E-state index contributed by atoms with van der Waals surface area (Å²) in [6.07, 6.45) is 1.50. The quantitative estimate of drug-likeness (QED) is 0.241. The standard InChI is InChI=1S/C22H15FN4O3S/c1-14-5-7-15(8-6-14)13-24-26(21(28)16-3-2-4-18(11-16)27(29)30)22-25-19-10-9-17(23)12-20(19)31-22/h2-13H,1H3/b24-13+. The van der Waals surface area contributed by atoms with Gasteiger partial charge in [0.1, 0.15) is 5.82 Å². The molecule has 1 aromatic heterocycles. The lowest BCUT2D eigenvalue weighted by atomic mass is 10.2. The maximum absolute atomic E-state index is 13.6. The molecule has 0 radical (unpaired) electrons. The van der Waals surface area contributed by atoms with Crippen LogP contribution in [0.4, 0.5) is 15.2 Å². The van der Waals surface area contributed by atoms with Crippen molar-refractivity contribution in [3.63, 3.8) is 0 Å². The predicted molar refractivity (Wildman–Crippen MR) is 118 cm³/mol. The average molecular weight is 434 g/mol. The molecule has 4 rings (SSSR count). The summed E-state index contributed by atoms with van der Waals surface area (Å²) in [5.74, 6) is -1.01. The molecular weight excluding hydrogens is 419 g/mol. The van der Waals surface area contributed by atoms with Crippen LogP contribution in [0.2, 0.25) is 0 Å². The van der Waals surface area contributed by atoms with Gasteiger partial charge in [0.15, 0.2) is 0 Å². The molecule has 154 valence electrons. The second kappa shape index (κ2) is 8.41. The Morgan fingerprint density at radius 2 is 1.94 bits per heavy atom. The summed E-state index contributed by atoms with van der Waals surface area (Å²) in [6, 6.07) is 17.0. The van der Waals surface area contributed by atoms with Gasteiger partial charge >= 0.3 is 0 Å². The fourth-order valence-corrected chi connectivity index (χ4v) is 3.76. The zero-order valence-corrected chi connectivity index (χ0v) is 17.0. The number of hydrogen-bond acceptors (Lipinski definition) is 6. The molecule has 1 amide bonds. The van der Waals surface area contributed by atoms with Gasteiger partial charge in [-0.05, 0) is 36.8 Å². The molecule has 3 aromatic carbocycles. The van der Waals surface area contributed by atoms with E-state index < -0.39 is 16.6 Å². The normalized spacial score (nSPS) is 11.2. The molecule has 9 heteroatoms. The minimum absolute atomic E-state index is 0.0840. The number of carbonyl (C=O) groups excluding carboxylic acids is 1. The van der Waals surface area contributed by atoms with Crippen molar-refractivity contribution in [1.82, 2.24) is 4.98 Å². The highest BCUT2D eigenvalue weighted by molar-refractivity contribution is 7.22. The number of benzene rings is 3. The fourth-order valence-electron chi connectivity index (χ4n) is 2.82. The molecule has 0 bridgehead atoms. The molecule has 0 atom stereocenters. The van der Waals surface area contributed by atoms with Gasteiger partial charge in [0, 0.05) is 17.7 Å². The summed E-state index contributed by atoms with van der Waals surface area (Å²) in [5.41, 5.74) is 2.23. The number of amides is 1. The van der Waals surface area contributed by atoms with Gasteiger partial charge in [0.2, 0.25) is 5.13 Å². The second-order valence-electron chi connectivity index (χ2n) is 6.69. The van der Waals surface area contributed by atoms with E-state index >= 15 is 0 Å². The third kappa shape index (κ3) is 4.46. The summed E-state index contributed by atoms with van der Waals surface area (Å²) in [5, 5.41) is 16.7. The summed E-state index contributed by atoms with van der Waals surface area (Å²) in [4.78, 5) is 28.2. The third-order valence-corrected chi connectivity index (χ3v) is 5.41. The first kappa shape index (κ1) is 20.3. The summed E-state index contributed by atoms with van der Waals surface area (Å²) in [7, 11) is 0. The van der Waals surface area contributed by atoms with Crippen LogP contribution < -0.4 is 5.01 Å². The van der Waals surface area contributed by atoms with E-state index in [2.05, 4.69) is 10.1 Å². The highest BCUT2D eigenvalue weighted by Gasteiger charge is 2.22. The van der Waals surface area contributed by atoms with Crippen molar-refractivity contribution in [2.45, 2.75) is 6.92 Å². The molecule has 0 saturated heterocycles. The summed E-state index contributed by atoms with van der Waals surface area (Å²) in [6.45, 7) is 1.96. The van der Waals surface area contributed by atoms with E-state index in [1.807, 2.05) is 31.2 Å². The molecule has 0 aliphatic heterocycles. The monoisotopic (exact) mass is 434 g/mol. The van der Waals surface area contributed by atoms with Crippen molar-refractivity contribution in [3.05, 3.63) is 99.4 Å². The number of rotatable bonds is 5. The maximum atomic E-state index is 13.6. The van der Waals surface area contributed by atoms with Gasteiger partial charge in [-0.3, -0.25) is 14.9 Å². The largest absolute Gasteiger partial charge is 0.281 e. The Labute approximate surface area is 180 Å². The Balaban J connectivity index is 1.77. The Bertz CT molecular complexity index is 1320. The van der Waals surface area contributed by atoms with E-state index in [4.69, 9.17) is 0 Å². The van der Waals surface area contributed by atoms with E-state index in [1.165, 1.54) is 48.7 Å². The molecule has 0 fully saturated rings. The van der Waals surface area contributed by atoms with Gasteiger partial charge < -0.3 is 0 Å². The van der Waals surface area contributed by atoms with Crippen LogP contribution in [0.15, 0.2) is 71.8 Å². The van der Waals surface area contributed by atoms with Crippen molar-refractivity contribution < 1.29 is 14.1 Å². The van der Waals surface area contributed by atoms with Gasteiger partial charge in [-0.1, -0.05) is 47.2 Å². The molecule has 0 spiro atoms. The minimum atomic E-state index is -0.591. The van der Waals surface area contributed by atoms with Crippen LogP contribution in [0.1, 0.15) is 21.5 Å². The maximum Gasteiger partial charge on any atom is 0.281 e. The zero-order chi connectivity index (χ0) is 22.0. The van der Waals surface area contributed by atoms with E-state index in [0.29, 0.717) is 10.2 Å². The number of halogens is 1. The number of nitrogens with zero attached hydrogens (tertiary/aromatic N) is 4. The molecule has 1 heterocycles. The molecule has 7 nitrogen and oxygen atoms in total. The zero-order valence-electron chi connectivity index (χ0n) is 16.2. The van der Waals surface area contributed by atoms with Gasteiger partial charge in [-0.15, -0.1) is 0 Å². The van der Waals surface area contributed by atoms with Crippen LogP contribution >= 0.6 is 11.3 Å². The van der Waals surface area contributed by atoms with Crippen molar-refractivity contribution in [3.8, 4) is 0 Å². The number of aryl methyl sites for hydroxylation is 1. The molecule has 4 aromatic rings. The topological polar surface area (TPSA) is 88.7 Å². The van der Waals surface area contributed by atoms with E-state index in [-0.39, 0.29) is 16.4 Å². The van der Waals surface area contributed by atoms with Gasteiger partial charge in [-0.25, -0.2) is 9.37 Å². The first-order valence-corrected chi connectivity index (χ1v) is 9.98. The van der Waals surface area contributed by atoms with Gasteiger partial charge in [-0.2, -0.15) is 10.1 Å². The average Bonchev–Trinajstić information content (AvgIpc) is 3.18. The lowest BCUT2D eigenvalue weighted by Crippen LogP contribution is -2.25. The molecule has 0 aliphatic rings. The summed E-state index contributed by atoms with van der Waals surface area (Å²) >= 11 is 1.10. The second-order valence-corrected chi connectivity index (χ2v) is 7.70. The summed E-state index contributed by atoms with van der Waals surface area (Å²) < 4.78 is 14.2. The molecule has 0 unspecified atom stereocenters. The number of hydrogen-bond donors (Lipinski definition) is 0. The Hall–Kier alpha value is -3.98. The predicted octanol–water partition coefficient (Wildman–Crippen LogP) is 5.33. The smallest absolute Gasteiger partial charge is 0.267 e. The third-order valence-electron chi connectivity index (χ3n) is 4.42. The lowest BCUT2D eigenvalue weighted by molar-refractivity contribution is -0.384. The van der Waals surface area contributed by atoms with Crippen LogP contribution in [-0.2, 0) is 0 Å². The van der Waals surface area contributed by atoms with E-state index in [1.54, 1.807) is 0 Å². The van der Waals surface area contributed by atoms with Crippen LogP contribution in [0.3, 0.4) is 0 Å². The van der Waals surface area contributed by atoms with Crippen molar-refractivity contribution in [1.29, 1.82) is 0 Å². The van der Waals surface area contributed by atoms with E-state index in [9.17, 15) is 19.3 Å². The first-order valence-electron chi connectivity index (χ1n) is 9.16. The minimum Gasteiger partial charge on any atom is -0.267 e.